The molecule has 0 bridgehead atoms. The molecule has 2 saturated heterocycles. The van der Waals surface area contributed by atoms with Crippen molar-refractivity contribution >= 4 is 44.4 Å². The van der Waals surface area contributed by atoms with Crippen molar-refractivity contribution in [3.63, 3.8) is 0 Å². The van der Waals surface area contributed by atoms with Crippen LogP contribution in [0.3, 0.4) is 0 Å². The van der Waals surface area contributed by atoms with Gasteiger partial charge in [-0.15, -0.1) is 0 Å². The van der Waals surface area contributed by atoms with E-state index in [1.54, 1.807) is 0 Å². The van der Waals surface area contributed by atoms with Gasteiger partial charge in [0.1, 0.15) is 9.83 Å². The van der Waals surface area contributed by atoms with Gasteiger partial charge in [0, 0.05) is 55.9 Å². The number of pyridine rings is 1. The quantitative estimate of drug-likeness (QED) is 0.543. The van der Waals surface area contributed by atoms with Gasteiger partial charge in [0.15, 0.2) is 0 Å². The molecule has 0 radical (unpaired) electrons. The van der Waals surface area contributed by atoms with Crippen molar-refractivity contribution in [2.45, 2.75) is 72.4 Å². The maximum atomic E-state index is 13.8. The van der Waals surface area contributed by atoms with Crippen molar-refractivity contribution in [1.82, 2.24) is 25.0 Å². The number of nitrogens with zero attached hydrogens (tertiary/aromatic N) is 4. The molecule has 0 spiro atoms. The first kappa shape index (κ1) is 28.3. The second kappa shape index (κ2) is 12.4. The van der Waals surface area contributed by atoms with Crippen molar-refractivity contribution in [2.75, 3.05) is 44.6 Å². The van der Waals surface area contributed by atoms with Gasteiger partial charge in [0.05, 0.1) is 11.5 Å². The van der Waals surface area contributed by atoms with Crippen molar-refractivity contribution in [3.05, 3.63) is 23.4 Å². The fraction of sp³-hybridized carbons (Fsp3) is 0.643. The van der Waals surface area contributed by atoms with Crippen LogP contribution in [0, 0.1) is 12.8 Å². The van der Waals surface area contributed by atoms with Crippen LogP contribution in [0.4, 0.5) is 9.80 Å². The van der Waals surface area contributed by atoms with Crippen LogP contribution in [0.25, 0.3) is 10.2 Å². The maximum absolute atomic E-state index is 13.8. The normalized spacial score (nSPS) is 19.1. The SMILES string of the molecule is CCNC(=O)Nc1sc2nc(C)ccc2c1C(=O)N1CCC(N2CCCC(C(=O)N(CC)C(C)C)C2)CC1. The molecule has 2 aliphatic heterocycles. The Hall–Kier alpha value is -2.72. The van der Waals surface area contributed by atoms with Crippen molar-refractivity contribution in [2.24, 2.45) is 5.92 Å². The van der Waals surface area contributed by atoms with Gasteiger partial charge in [-0.25, -0.2) is 9.78 Å². The number of rotatable bonds is 7. The highest BCUT2D eigenvalue weighted by molar-refractivity contribution is 7.23. The molecule has 1 atom stereocenters. The van der Waals surface area contributed by atoms with E-state index < -0.39 is 0 Å². The Kier molecular flexibility index (Phi) is 9.25. The number of likely N-dealkylation sites (tertiary alicyclic amines) is 2. The summed E-state index contributed by atoms with van der Waals surface area (Å²) in [7, 11) is 0. The highest BCUT2D eigenvalue weighted by Crippen LogP contribution is 2.36. The summed E-state index contributed by atoms with van der Waals surface area (Å²) in [6.07, 6.45) is 3.75. The van der Waals surface area contributed by atoms with E-state index in [0.29, 0.717) is 36.2 Å². The van der Waals surface area contributed by atoms with Gasteiger partial charge in [0.25, 0.3) is 5.91 Å². The molecule has 2 aromatic heterocycles. The Balaban J connectivity index is 1.44. The lowest BCUT2D eigenvalue weighted by atomic mass is 9.92. The van der Waals surface area contributed by atoms with Crippen LogP contribution in [-0.2, 0) is 4.79 Å². The average molecular weight is 543 g/mol. The summed E-state index contributed by atoms with van der Waals surface area (Å²) in [5, 5.41) is 6.94. The fourth-order valence-electron chi connectivity index (χ4n) is 5.82. The van der Waals surface area contributed by atoms with Gasteiger partial charge in [0.2, 0.25) is 5.91 Å². The zero-order valence-corrected chi connectivity index (χ0v) is 24.2. The summed E-state index contributed by atoms with van der Waals surface area (Å²) < 4.78 is 0. The van der Waals surface area contributed by atoms with Gasteiger partial charge < -0.3 is 15.1 Å². The van der Waals surface area contributed by atoms with E-state index >= 15 is 0 Å². The molecular weight excluding hydrogens is 500 g/mol. The maximum Gasteiger partial charge on any atom is 0.319 e. The lowest BCUT2D eigenvalue weighted by molar-refractivity contribution is -0.139. The van der Waals surface area contributed by atoms with E-state index in [1.807, 2.05) is 35.8 Å². The molecule has 4 rings (SSSR count). The molecular formula is C28H42N6O3S. The van der Waals surface area contributed by atoms with E-state index in [0.717, 1.165) is 61.2 Å². The van der Waals surface area contributed by atoms with Crippen LogP contribution in [0.2, 0.25) is 0 Å². The number of hydrogen-bond acceptors (Lipinski definition) is 6. The third kappa shape index (κ3) is 6.12. The van der Waals surface area contributed by atoms with Crippen molar-refractivity contribution < 1.29 is 14.4 Å². The fourth-order valence-corrected chi connectivity index (χ4v) is 6.93. The number of thiophene rings is 1. The summed E-state index contributed by atoms with van der Waals surface area (Å²) in [5.74, 6) is 0.274. The molecule has 0 aromatic carbocycles. The number of carbonyl (C=O) groups excluding carboxylic acids is 3. The number of carbonyl (C=O) groups is 3. The summed E-state index contributed by atoms with van der Waals surface area (Å²) in [6.45, 7) is 14.4. The number of urea groups is 1. The number of piperidine rings is 2. The van der Waals surface area contributed by atoms with Gasteiger partial charge in [-0.05, 0) is 79.0 Å². The first-order valence-corrected chi connectivity index (χ1v) is 14.8. The van der Waals surface area contributed by atoms with Gasteiger partial charge in [-0.1, -0.05) is 11.3 Å². The first-order valence-electron chi connectivity index (χ1n) is 14.0. The topological polar surface area (TPSA) is 97.9 Å². The summed E-state index contributed by atoms with van der Waals surface area (Å²) >= 11 is 1.34. The van der Waals surface area contributed by atoms with Crippen LogP contribution in [0.15, 0.2) is 12.1 Å². The Morgan fingerprint density at radius 3 is 2.53 bits per heavy atom. The zero-order valence-electron chi connectivity index (χ0n) is 23.4. The van der Waals surface area contributed by atoms with E-state index in [1.165, 1.54) is 11.3 Å². The number of amides is 4. The lowest BCUT2D eigenvalue weighted by Crippen LogP contribution is -2.52. The summed E-state index contributed by atoms with van der Waals surface area (Å²) in [4.78, 5) is 51.0. The molecule has 0 aliphatic carbocycles. The monoisotopic (exact) mass is 542 g/mol. The van der Waals surface area contributed by atoms with E-state index in [2.05, 4.69) is 41.3 Å². The van der Waals surface area contributed by atoms with Crippen LogP contribution in [-0.4, -0.2) is 88.9 Å². The molecule has 4 amide bonds. The van der Waals surface area contributed by atoms with Crippen molar-refractivity contribution in [3.8, 4) is 0 Å². The lowest BCUT2D eigenvalue weighted by Gasteiger charge is -2.43. The number of nitrogens with one attached hydrogen (secondary N) is 2. The predicted octanol–water partition coefficient (Wildman–Crippen LogP) is 4.32. The Labute approximate surface area is 229 Å². The molecule has 2 aliphatic rings. The minimum Gasteiger partial charge on any atom is -0.340 e. The minimum absolute atomic E-state index is 0.0572. The molecule has 9 nitrogen and oxygen atoms in total. The Morgan fingerprint density at radius 2 is 1.87 bits per heavy atom. The molecule has 2 fully saturated rings. The smallest absolute Gasteiger partial charge is 0.319 e. The van der Waals surface area contributed by atoms with E-state index in [-0.39, 0.29) is 29.8 Å². The van der Waals surface area contributed by atoms with E-state index in [4.69, 9.17) is 0 Å². The third-order valence-electron chi connectivity index (χ3n) is 7.79. The third-order valence-corrected chi connectivity index (χ3v) is 8.81. The van der Waals surface area contributed by atoms with Crippen LogP contribution in [0.1, 0.15) is 69.4 Å². The highest BCUT2D eigenvalue weighted by atomic mass is 32.1. The largest absolute Gasteiger partial charge is 0.340 e. The molecule has 10 heteroatoms. The number of fused-ring (bicyclic) bond motifs is 1. The van der Waals surface area contributed by atoms with Crippen LogP contribution >= 0.6 is 11.3 Å². The number of aryl methyl sites for hydroxylation is 1. The van der Waals surface area contributed by atoms with E-state index in [9.17, 15) is 14.4 Å². The Bertz CT molecular complexity index is 1160. The van der Waals surface area contributed by atoms with Gasteiger partial charge in [-0.3, -0.25) is 19.8 Å². The van der Waals surface area contributed by atoms with Crippen molar-refractivity contribution in [1.29, 1.82) is 0 Å². The second-order valence-electron chi connectivity index (χ2n) is 10.7. The summed E-state index contributed by atoms with van der Waals surface area (Å²) in [6, 6.07) is 4.11. The standard InChI is InChI=1S/C28H42N6O3S/c1-6-29-28(37)31-25-23(22-11-10-19(5)30-24(22)38-25)27(36)32-15-12-21(13-16-32)33-14-8-9-20(17-33)26(35)34(7-2)18(3)4/h10-11,18,20-21H,6-9,12-17H2,1-5H3,(H2,29,31,37). The molecule has 4 heterocycles. The van der Waals surface area contributed by atoms with Crippen LogP contribution in [0.5, 0.6) is 0 Å². The molecule has 0 saturated carbocycles. The van der Waals surface area contributed by atoms with Gasteiger partial charge >= 0.3 is 6.03 Å². The Morgan fingerprint density at radius 1 is 1.13 bits per heavy atom. The predicted molar refractivity (Wildman–Crippen MR) is 153 cm³/mol. The summed E-state index contributed by atoms with van der Waals surface area (Å²) in [5.41, 5.74) is 1.40. The average Bonchev–Trinajstić information content (AvgIpc) is 3.25. The molecule has 38 heavy (non-hydrogen) atoms. The number of anilines is 1. The second-order valence-corrected chi connectivity index (χ2v) is 11.7. The van der Waals surface area contributed by atoms with Gasteiger partial charge in [-0.2, -0.15) is 0 Å². The molecule has 1 unspecified atom stereocenters. The first-order chi connectivity index (χ1) is 18.2. The highest BCUT2D eigenvalue weighted by Gasteiger charge is 2.35. The number of aromatic nitrogens is 1. The minimum atomic E-state index is -0.322. The van der Waals surface area contributed by atoms with Crippen LogP contribution < -0.4 is 10.6 Å². The molecule has 2 aromatic rings. The molecule has 2 N–H and O–H groups in total. The number of hydrogen-bond donors (Lipinski definition) is 2. The zero-order chi connectivity index (χ0) is 27.4. The molecule has 208 valence electrons.